The van der Waals surface area contributed by atoms with Gasteiger partial charge in [-0.1, -0.05) is 286 Å². The lowest BCUT2D eigenvalue weighted by Gasteiger charge is -2.40. The zero-order valence-electron chi connectivity index (χ0n) is 92.3. The third kappa shape index (κ3) is 39.4. The van der Waals surface area contributed by atoms with Gasteiger partial charge in [-0.15, -0.1) is 0 Å². The number of nitrogens with two attached hydrogens (primary N) is 1. The van der Waals surface area contributed by atoms with Crippen LogP contribution in [-0.4, -0.2) is 192 Å². The molecule has 6 N–H and O–H groups in total. The monoisotopic (exact) mass is 2030 g/mol. The van der Waals surface area contributed by atoms with E-state index in [4.69, 9.17) is 62.6 Å². The fourth-order valence-corrected chi connectivity index (χ4v) is 21.1. The van der Waals surface area contributed by atoms with Gasteiger partial charge in [-0.2, -0.15) is 0 Å². The second-order valence-electron chi connectivity index (χ2n) is 43.1. The van der Waals surface area contributed by atoms with E-state index in [0.717, 1.165) is 137 Å². The molecule has 24 atom stereocenters. The summed E-state index contributed by atoms with van der Waals surface area (Å²) < 4.78 is 73.2. The molecule has 7 aromatic rings. The van der Waals surface area contributed by atoms with Crippen LogP contribution in [0.1, 0.15) is 285 Å². The Morgan fingerprint density at radius 3 is 1.24 bits per heavy atom. The number of amides is 4. The lowest BCUT2D eigenvalue weighted by Crippen LogP contribution is -2.51. The minimum absolute atomic E-state index is 0.0156. The third-order valence-electron chi connectivity index (χ3n) is 30.2. The molecule has 6 heterocycles. The van der Waals surface area contributed by atoms with Crippen molar-refractivity contribution in [1.82, 2.24) is 31.1 Å². The number of hydrogen-bond donors (Lipinski definition) is 5. The number of hydrogen-bond acceptors (Lipinski definition) is 20. The van der Waals surface area contributed by atoms with Gasteiger partial charge >= 0.3 is 0 Å². The van der Waals surface area contributed by atoms with Crippen molar-refractivity contribution in [2.45, 2.75) is 370 Å². The molecule has 0 saturated carbocycles. The van der Waals surface area contributed by atoms with E-state index in [1.165, 1.54) is 33.4 Å². The minimum atomic E-state index is -0.446. The lowest BCUT2D eigenvalue weighted by molar-refractivity contribution is -0.229. The van der Waals surface area contributed by atoms with Crippen LogP contribution in [0.2, 0.25) is 0 Å². The normalized spacial score (nSPS) is 22.5. The van der Waals surface area contributed by atoms with Crippen LogP contribution in [0, 0.1) is 75.0 Å². The molecule has 5 saturated heterocycles. The van der Waals surface area contributed by atoms with Gasteiger partial charge in [-0.25, -0.2) is 0 Å². The van der Waals surface area contributed by atoms with Gasteiger partial charge in [-0.05, 0) is 233 Å². The van der Waals surface area contributed by atoms with Gasteiger partial charge in [0.2, 0.25) is 23.6 Å². The number of ether oxygens (including phenoxy) is 12. The van der Waals surface area contributed by atoms with Crippen LogP contribution < -0.4 is 27.0 Å². The molecule has 0 radical (unpaired) electrons. The number of nitrogens with one attached hydrogen (secondary N) is 4. The van der Waals surface area contributed by atoms with Crippen molar-refractivity contribution in [1.29, 1.82) is 0 Å². The highest BCUT2D eigenvalue weighted by molar-refractivity contribution is 5.90. The summed E-state index contributed by atoms with van der Waals surface area (Å²) in [7, 11) is 5.35. The molecular weight excluding hydrogens is 1850 g/mol. The molecule has 24 nitrogen and oxygen atoms in total. The Kier molecular flexibility index (Phi) is 51.7. The van der Waals surface area contributed by atoms with Gasteiger partial charge in [-0.3, -0.25) is 24.0 Å². The average molecular weight is 2030 g/mol. The molecule has 0 bridgehead atoms. The summed E-state index contributed by atoms with van der Waals surface area (Å²) in [6.45, 7) is 41.0. The SMILES string of the molecule is CC[C@H](C)[C@@H]([C@H](C)CC(=O)N1CCC[C@H]1[C@H](C)[C@@H](C)C(=O)N[C@H](C)[C@@H](OC1CCCC(COCc2ccc(C)cc2)O1)c1ccccc1)N(C)C(=O)[C@@H](CC(=O)[C@@H](NC)C(C)C)C(C)C.CO[C@@H]([C@@H]1CCCN1)[C@@H](C)C(=O)N[C@H](C)[C@@H](OC1CCCC(COCc2ccc(C)cc2)O1)c1ccccc1.Cc1ccc(COCC2CCC=CO2)cc1.Cc1ccc(COCC2CCCC(O[C@@H](c3ccccc3)[C@@H](C)N)O2)cc1. The molecule has 7 aromatic carbocycles. The molecule has 0 aromatic heterocycles. The zero-order valence-corrected chi connectivity index (χ0v) is 92.3. The fraction of sp³-hybridized carbons (Fsp3) is 0.602. The van der Waals surface area contributed by atoms with Crippen molar-refractivity contribution < 1.29 is 80.8 Å². The number of ketones is 1. The van der Waals surface area contributed by atoms with Gasteiger partial charge in [0.05, 0.1) is 108 Å². The van der Waals surface area contributed by atoms with Gasteiger partial charge in [0.1, 0.15) is 24.4 Å². The first kappa shape index (κ1) is 120. The quantitative estimate of drug-likeness (QED) is 0.0237. The van der Waals surface area contributed by atoms with Crippen molar-refractivity contribution in [2.75, 3.05) is 60.7 Å². The van der Waals surface area contributed by atoms with E-state index in [0.29, 0.717) is 65.8 Å². The van der Waals surface area contributed by atoms with E-state index in [1.54, 1.807) is 20.4 Å². The number of carbonyl (C=O) groups excluding carboxylic acids is 5. The van der Waals surface area contributed by atoms with Gasteiger partial charge < -0.3 is 93.6 Å². The molecule has 0 spiro atoms. The van der Waals surface area contributed by atoms with Crippen molar-refractivity contribution >= 4 is 29.4 Å². The number of benzene rings is 7. The van der Waals surface area contributed by atoms with Crippen LogP contribution in [0.4, 0.5) is 0 Å². The Hall–Kier alpha value is -8.93. The number of methoxy groups -OCH3 is 1. The van der Waals surface area contributed by atoms with Gasteiger partial charge in [0.15, 0.2) is 24.7 Å². The molecule has 24 heteroatoms. The third-order valence-corrected chi connectivity index (χ3v) is 30.2. The summed E-state index contributed by atoms with van der Waals surface area (Å²) in [5.74, 6) is -1.06. The molecule has 4 amide bonds. The number of carbonyl (C=O) groups is 5. The number of likely N-dealkylation sites (N-methyl/N-ethyl adjacent to an activating group) is 1. The maximum Gasteiger partial charge on any atom is 0.226 e. The standard InChI is InChI=1S/C54H86N4O7.C32H46N2O5.C23H31NO3.C14H18O2/c1-14-37(7)51(57(13)54(62)45(34(2)3)31-47(59)50(55-12)35(4)5)38(8)30-48(60)58-29-19-23-46(58)39(9)40(10)53(61)56-41(11)52(43-20-16-15-17-21-43)65-49-24-18-22-44(64-49)33-63-32-42-27-25-36(6)26-28-42;1-22-15-17-25(18-16-22)20-37-21-27-12-8-14-29(38-27)39-31(26-10-6-5-7-11-26)24(3)34-32(35)23(2)30(36-4)28-13-9-19-33-28;1-17-11-13-19(14-12-17)15-25-16-21-9-6-10-22(26-21)27-23(18(2)24)20-7-4-3-5-8-20;1-12-5-7-13(8-6-12)10-15-11-14-4-2-3-9-16-14/h15-17,20-21,25-28,34-35,37-41,44-46,49-52,55H,14,18-19,22-24,29-33H2,1-13H3,(H,56,61);5-7,10-11,15-18,23-24,27-31,33H,8-9,12-14,19-21H2,1-4H3,(H,34,35);3-5,7-8,11-14,18,21-23H,6,9-10,15-16,24H2,1-2H3;3,5-9,14H,2,4,10-11H2,1H3/t37-,38+,39+,40+,41+,44?,45-,46-,49?,50-,51-,52+;23-,24-,27?,28+,29?,30-,31-;18-,21?,22?,23-;/m011./s1. The van der Waals surface area contributed by atoms with E-state index in [1.807, 2.05) is 158 Å². The van der Waals surface area contributed by atoms with Crippen molar-refractivity contribution in [3.8, 4) is 0 Å². The maximum absolute atomic E-state index is 14.3. The van der Waals surface area contributed by atoms with Gasteiger partial charge in [0.25, 0.3) is 0 Å². The van der Waals surface area contributed by atoms with Crippen LogP contribution in [0.15, 0.2) is 200 Å². The Balaban J connectivity index is 0.000000225. The van der Waals surface area contributed by atoms with E-state index < -0.39 is 18.3 Å². The summed E-state index contributed by atoms with van der Waals surface area (Å²) in [5, 5.41) is 13.1. The molecule has 6 aliphatic heterocycles. The number of nitrogens with zero attached hydrogens (tertiary/aromatic N) is 2. The minimum Gasteiger partial charge on any atom is -0.496 e. The molecule has 7 unspecified atom stereocenters. The van der Waals surface area contributed by atoms with Crippen LogP contribution in [0.25, 0.3) is 0 Å². The topological polar surface area (TPSA) is 277 Å². The molecule has 0 aliphatic carbocycles. The summed E-state index contributed by atoms with van der Waals surface area (Å²) in [6.07, 6.45) is 17.6. The Bertz CT molecular complexity index is 4920. The van der Waals surface area contributed by atoms with E-state index >= 15 is 0 Å². The second-order valence-corrected chi connectivity index (χ2v) is 43.1. The zero-order chi connectivity index (χ0) is 106. The first-order valence-corrected chi connectivity index (χ1v) is 55.1. The summed E-state index contributed by atoms with van der Waals surface area (Å²) in [4.78, 5) is 73.3. The Morgan fingerprint density at radius 1 is 0.469 bits per heavy atom. The highest BCUT2D eigenvalue weighted by Crippen LogP contribution is 2.38. The fourth-order valence-electron chi connectivity index (χ4n) is 21.1. The number of likely N-dealkylation sites (tertiary alicyclic amines) is 1. The van der Waals surface area contributed by atoms with Crippen LogP contribution in [-0.2, 0) is 107 Å². The van der Waals surface area contributed by atoms with Crippen LogP contribution in [0.5, 0.6) is 0 Å². The van der Waals surface area contributed by atoms with Crippen LogP contribution >= 0.6 is 0 Å². The predicted molar refractivity (Wildman–Crippen MR) is 583 cm³/mol. The van der Waals surface area contributed by atoms with Crippen molar-refractivity contribution in [3.63, 3.8) is 0 Å². The summed E-state index contributed by atoms with van der Waals surface area (Å²) >= 11 is 0. The predicted octanol–water partition coefficient (Wildman–Crippen LogP) is 22.1. The molecule has 5 fully saturated rings. The Morgan fingerprint density at radius 2 is 0.878 bits per heavy atom. The molecule has 147 heavy (non-hydrogen) atoms. The maximum atomic E-state index is 14.3. The molecule has 13 rings (SSSR count). The molecular formula is C123H181N7O17. The van der Waals surface area contributed by atoms with E-state index in [2.05, 4.69) is 192 Å². The number of allylic oxidation sites excluding steroid dienone is 1. The van der Waals surface area contributed by atoms with Crippen LogP contribution in [0.3, 0.4) is 0 Å². The van der Waals surface area contributed by atoms with Crippen molar-refractivity contribution in [3.05, 3.63) is 262 Å². The molecule has 6 aliphatic rings. The molecule has 810 valence electrons. The average Bonchev–Trinajstić information content (AvgIpc) is 1.75. The highest BCUT2D eigenvalue weighted by Gasteiger charge is 2.44. The van der Waals surface area contributed by atoms with Crippen molar-refractivity contribution in [2.24, 2.45) is 53.1 Å². The lowest BCUT2D eigenvalue weighted by atomic mass is 9.82. The number of Topliss-reactive ketones (excluding diaryl/α,β-unsaturated/α-hetero) is 1. The smallest absolute Gasteiger partial charge is 0.226 e. The van der Waals surface area contributed by atoms with E-state index in [-0.39, 0.29) is 175 Å². The number of rotatable bonds is 50. The number of aryl methyl sites for hydroxylation is 4. The largest absolute Gasteiger partial charge is 0.496 e. The second kappa shape index (κ2) is 63.4. The highest BCUT2D eigenvalue weighted by atomic mass is 16.7. The summed E-state index contributed by atoms with van der Waals surface area (Å²) in [6, 6.07) is 62.8. The first-order chi connectivity index (χ1) is 70.8. The first-order valence-electron chi connectivity index (χ1n) is 55.1. The summed E-state index contributed by atoms with van der Waals surface area (Å²) in [5.41, 5.74) is 18.9. The van der Waals surface area contributed by atoms with Gasteiger partial charge in [0, 0.05) is 69.5 Å². The van der Waals surface area contributed by atoms with E-state index in [9.17, 15) is 24.0 Å². The Labute approximate surface area is 881 Å².